The van der Waals surface area contributed by atoms with Gasteiger partial charge in [0.15, 0.2) is 6.10 Å². The van der Waals surface area contributed by atoms with Crippen LogP contribution in [0.5, 0.6) is 11.5 Å². The van der Waals surface area contributed by atoms with Crippen LogP contribution in [0.3, 0.4) is 0 Å². The van der Waals surface area contributed by atoms with Crippen LogP contribution in [0.4, 0.5) is 5.69 Å². The Kier molecular flexibility index (Phi) is 4.84. The van der Waals surface area contributed by atoms with Crippen molar-refractivity contribution >= 4 is 17.6 Å². The Hall–Kier alpha value is -3.02. The normalized spacial score (nSPS) is 16.7. The summed E-state index contributed by atoms with van der Waals surface area (Å²) < 4.78 is 10.3. The third kappa shape index (κ3) is 3.22. The molecule has 2 aromatic rings. The molecule has 0 radical (unpaired) electrons. The number of hydrogen-bond donors (Lipinski definition) is 1. The number of methoxy groups -OCH3 is 1. The van der Waals surface area contributed by atoms with E-state index in [2.05, 4.69) is 0 Å². The van der Waals surface area contributed by atoms with Crippen LogP contribution < -0.4 is 9.64 Å². The Morgan fingerprint density at radius 2 is 1.96 bits per heavy atom. The molecule has 136 valence electrons. The van der Waals surface area contributed by atoms with Crippen molar-refractivity contribution in [1.29, 1.82) is 0 Å². The molecule has 0 fully saturated rings. The lowest BCUT2D eigenvalue weighted by Crippen LogP contribution is -2.43. The van der Waals surface area contributed by atoms with Gasteiger partial charge in [0.2, 0.25) is 0 Å². The summed E-state index contributed by atoms with van der Waals surface area (Å²) in [6, 6.07) is 12.0. The minimum absolute atomic E-state index is 0.00422. The minimum Gasteiger partial charge on any atom is -0.507 e. The molecule has 0 aromatic heterocycles. The van der Waals surface area contributed by atoms with Gasteiger partial charge in [-0.2, -0.15) is 0 Å². The summed E-state index contributed by atoms with van der Waals surface area (Å²) in [6.45, 7) is 3.50. The maximum atomic E-state index is 12.8. The highest BCUT2D eigenvalue weighted by atomic mass is 16.5. The number of phenolic OH excluding ortho intramolecular Hbond substituents is 1. The van der Waals surface area contributed by atoms with E-state index in [1.807, 2.05) is 31.2 Å². The molecule has 3 rings (SSSR count). The third-order valence-electron chi connectivity index (χ3n) is 4.50. The van der Waals surface area contributed by atoms with Crippen LogP contribution >= 0.6 is 0 Å². The molecule has 1 heterocycles. The number of carbonyl (C=O) groups is 2. The van der Waals surface area contributed by atoms with Crippen molar-refractivity contribution in [3.05, 3.63) is 53.6 Å². The van der Waals surface area contributed by atoms with Gasteiger partial charge in [-0.05, 0) is 44.0 Å². The second-order valence-electron chi connectivity index (χ2n) is 6.32. The fraction of sp³-hybridized carbons (Fsp3) is 0.300. The van der Waals surface area contributed by atoms with E-state index in [1.54, 1.807) is 11.0 Å². The topological polar surface area (TPSA) is 76.1 Å². The highest BCUT2D eigenvalue weighted by Crippen LogP contribution is 2.32. The predicted octanol–water partition coefficient (Wildman–Crippen LogP) is 2.92. The Morgan fingerprint density at radius 3 is 2.65 bits per heavy atom. The molecule has 1 amide bonds. The number of phenols is 1. The molecule has 0 aliphatic carbocycles. The van der Waals surface area contributed by atoms with Gasteiger partial charge in [-0.25, -0.2) is 4.79 Å². The fourth-order valence-electron chi connectivity index (χ4n) is 3.18. The largest absolute Gasteiger partial charge is 0.507 e. The van der Waals surface area contributed by atoms with Crippen LogP contribution in [0.1, 0.15) is 29.8 Å². The van der Waals surface area contributed by atoms with Gasteiger partial charge in [0.05, 0.1) is 7.11 Å². The number of aromatic hydroxyl groups is 1. The molecule has 1 N–H and O–H groups in total. The summed E-state index contributed by atoms with van der Waals surface area (Å²) >= 11 is 0. The number of anilines is 1. The van der Waals surface area contributed by atoms with Crippen molar-refractivity contribution in [1.82, 2.24) is 0 Å². The number of amides is 1. The number of esters is 1. The Balaban J connectivity index is 1.75. The van der Waals surface area contributed by atoms with E-state index < -0.39 is 12.1 Å². The molecule has 0 spiro atoms. The molecular formula is C20H21NO5. The second kappa shape index (κ2) is 7.07. The van der Waals surface area contributed by atoms with Crippen molar-refractivity contribution in [3.8, 4) is 11.5 Å². The molecule has 0 unspecified atom stereocenters. The quantitative estimate of drug-likeness (QED) is 0.854. The van der Waals surface area contributed by atoms with Crippen LogP contribution in [-0.2, 0) is 16.0 Å². The Bertz CT molecular complexity index is 848. The van der Waals surface area contributed by atoms with Crippen molar-refractivity contribution in [2.24, 2.45) is 0 Å². The summed E-state index contributed by atoms with van der Waals surface area (Å²) in [4.78, 5) is 26.8. The molecule has 6 heteroatoms. The van der Waals surface area contributed by atoms with E-state index in [1.165, 1.54) is 26.2 Å². The summed E-state index contributed by atoms with van der Waals surface area (Å²) in [5, 5.41) is 9.95. The van der Waals surface area contributed by atoms with Crippen molar-refractivity contribution < 1.29 is 24.2 Å². The van der Waals surface area contributed by atoms with Gasteiger partial charge in [0.1, 0.15) is 17.1 Å². The summed E-state index contributed by atoms with van der Waals surface area (Å²) in [5.41, 5.74) is 1.93. The van der Waals surface area contributed by atoms with Crippen LogP contribution in [0.15, 0.2) is 42.5 Å². The molecule has 2 aromatic carbocycles. The summed E-state index contributed by atoms with van der Waals surface area (Å²) in [5.74, 6) is -0.880. The standard InChI is InChI=1S/C20H21NO5/c1-12-10-14-6-4-5-7-17(14)21(12)19(23)13(2)26-20(24)16-9-8-15(25-3)11-18(16)22/h4-9,11-13,22H,10H2,1-3H3/t12-,13+/m1/s1. The Labute approximate surface area is 152 Å². The zero-order chi connectivity index (χ0) is 18.8. The van der Waals surface area contributed by atoms with Gasteiger partial charge in [-0.3, -0.25) is 4.79 Å². The average molecular weight is 355 g/mol. The lowest BCUT2D eigenvalue weighted by Gasteiger charge is -2.26. The molecule has 1 aliphatic rings. The van der Waals surface area contributed by atoms with Gasteiger partial charge in [-0.1, -0.05) is 18.2 Å². The van der Waals surface area contributed by atoms with Crippen LogP contribution in [0.2, 0.25) is 0 Å². The molecule has 26 heavy (non-hydrogen) atoms. The van der Waals surface area contributed by atoms with Gasteiger partial charge in [0.25, 0.3) is 5.91 Å². The zero-order valence-electron chi connectivity index (χ0n) is 14.9. The van der Waals surface area contributed by atoms with Gasteiger partial charge in [-0.15, -0.1) is 0 Å². The molecule has 0 bridgehead atoms. The van der Waals surface area contributed by atoms with Crippen molar-refractivity contribution in [2.45, 2.75) is 32.4 Å². The van der Waals surface area contributed by atoms with Crippen molar-refractivity contribution in [3.63, 3.8) is 0 Å². The number of para-hydroxylation sites is 1. The molecular weight excluding hydrogens is 334 g/mol. The lowest BCUT2D eigenvalue weighted by atomic mass is 10.1. The second-order valence-corrected chi connectivity index (χ2v) is 6.32. The zero-order valence-corrected chi connectivity index (χ0v) is 14.9. The molecule has 0 saturated heterocycles. The fourth-order valence-corrected chi connectivity index (χ4v) is 3.18. The Morgan fingerprint density at radius 1 is 1.23 bits per heavy atom. The predicted molar refractivity (Wildman–Crippen MR) is 96.6 cm³/mol. The molecule has 6 nitrogen and oxygen atoms in total. The number of rotatable bonds is 4. The third-order valence-corrected chi connectivity index (χ3v) is 4.50. The summed E-state index contributed by atoms with van der Waals surface area (Å²) in [7, 11) is 1.46. The first-order valence-electron chi connectivity index (χ1n) is 8.41. The van der Waals surface area contributed by atoms with E-state index in [0.29, 0.717) is 5.75 Å². The monoisotopic (exact) mass is 355 g/mol. The maximum absolute atomic E-state index is 12.8. The highest BCUT2D eigenvalue weighted by Gasteiger charge is 2.34. The number of hydrogen-bond acceptors (Lipinski definition) is 5. The number of nitrogens with zero attached hydrogens (tertiary/aromatic N) is 1. The highest BCUT2D eigenvalue weighted by molar-refractivity contribution is 6.01. The minimum atomic E-state index is -0.974. The van der Waals surface area contributed by atoms with Crippen LogP contribution in [0.25, 0.3) is 0 Å². The number of carbonyl (C=O) groups excluding carboxylic acids is 2. The van der Waals surface area contributed by atoms with E-state index in [-0.39, 0.29) is 23.3 Å². The number of fused-ring (bicyclic) bond motifs is 1. The van der Waals surface area contributed by atoms with Crippen molar-refractivity contribution in [2.75, 3.05) is 12.0 Å². The number of ether oxygens (including phenoxy) is 2. The first-order valence-corrected chi connectivity index (χ1v) is 8.41. The molecule has 2 atom stereocenters. The average Bonchev–Trinajstić information content (AvgIpc) is 2.96. The van der Waals surface area contributed by atoms with Crippen LogP contribution in [0, 0.1) is 0 Å². The first kappa shape index (κ1) is 17.8. The maximum Gasteiger partial charge on any atom is 0.342 e. The van der Waals surface area contributed by atoms with E-state index in [4.69, 9.17) is 9.47 Å². The molecule has 0 saturated carbocycles. The molecule has 1 aliphatic heterocycles. The van der Waals surface area contributed by atoms with Gasteiger partial charge < -0.3 is 19.5 Å². The van der Waals surface area contributed by atoms with Crippen LogP contribution in [-0.4, -0.2) is 36.2 Å². The van der Waals surface area contributed by atoms with E-state index in [9.17, 15) is 14.7 Å². The van der Waals surface area contributed by atoms with E-state index in [0.717, 1.165) is 17.7 Å². The number of benzene rings is 2. The van der Waals surface area contributed by atoms with Gasteiger partial charge in [0, 0.05) is 17.8 Å². The van der Waals surface area contributed by atoms with Gasteiger partial charge >= 0.3 is 5.97 Å². The smallest absolute Gasteiger partial charge is 0.342 e. The summed E-state index contributed by atoms with van der Waals surface area (Å²) in [6.07, 6.45) is -0.209. The first-order chi connectivity index (χ1) is 12.4. The van der Waals surface area contributed by atoms with E-state index >= 15 is 0 Å². The SMILES string of the molecule is COc1ccc(C(=O)O[C@@H](C)C(=O)N2c3ccccc3C[C@H]2C)c(O)c1. The lowest BCUT2D eigenvalue weighted by molar-refractivity contribution is -0.126.